The molecule has 1 fully saturated rings. The number of aryl methyl sites for hydroxylation is 2. The van der Waals surface area contributed by atoms with Crippen molar-refractivity contribution in [3.63, 3.8) is 0 Å². The van der Waals surface area contributed by atoms with Gasteiger partial charge in [0.1, 0.15) is 0 Å². The first-order chi connectivity index (χ1) is 13.0. The summed E-state index contributed by atoms with van der Waals surface area (Å²) in [5.74, 6) is 8.45. The molecule has 1 saturated carbocycles. The molecule has 1 aliphatic rings. The standard InChI is InChI=1S/C26H40GeN/c1-19-16-21(26(2,3)4)14-15-22(19)25-17-24(27(5,6)7)23(18-28(25)8)20-12-10-9-11-13-20/h14-18,20H,9-13H2,1-8H3/q+1. The topological polar surface area (TPSA) is 3.88 Å². The van der Waals surface area contributed by atoms with E-state index in [1.54, 1.807) is 9.96 Å². The monoisotopic (exact) mass is 440 g/mol. The third kappa shape index (κ3) is 4.56. The SMILES string of the molecule is Cc1cc(C(C)(C)C)ccc1-c1c[c]([Ge]([CH3])([CH3])[CH3])c(C2CCCCC2)c[n+]1C. The number of hydrogen-bond acceptors (Lipinski definition) is 0. The van der Waals surface area contributed by atoms with Crippen molar-refractivity contribution in [2.24, 2.45) is 7.05 Å². The van der Waals surface area contributed by atoms with Gasteiger partial charge in [-0.15, -0.1) is 0 Å². The van der Waals surface area contributed by atoms with E-state index in [9.17, 15) is 0 Å². The van der Waals surface area contributed by atoms with Crippen LogP contribution in [0, 0.1) is 6.92 Å². The Bertz CT molecular complexity index is 846. The van der Waals surface area contributed by atoms with Crippen LogP contribution in [-0.2, 0) is 12.5 Å². The molecule has 0 bridgehead atoms. The van der Waals surface area contributed by atoms with Gasteiger partial charge in [0.25, 0.3) is 0 Å². The van der Waals surface area contributed by atoms with Gasteiger partial charge in [0, 0.05) is 0 Å². The number of nitrogens with zero attached hydrogens (tertiary/aromatic N) is 1. The third-order valence-electron chi connectivity index (χ3n) is 6.53. The summed E-state index contributed by atoms with van der Waals surface area (Å²) in [6, 6.07) is 9.64. The van der Waals surface area contributed by atoms with Gasteiger partial charge >= 0.3 is 176 Å². The van der Waals surface area contributed by atoms with Crippen LogP contribution < -0.4 is 8.96 Å². The van der Waals surface area contributed by atoms with Crippen molar-refractivity contribution in [2.45, 2.75) is 88.4 Å². The Labute approximate surface area is 175 Å². The fourth-order valence-corrected chi connectivity index (χ4v) is 8.32. The molecule has 0 unspecified atom stereocenters. The van der Waals surface area contributed by atoms with Crippen LogP contribution in [0.4, 0.5) is 0 Å². The minimum absolute atomic E-state index is 0.197. The van der Waals surface area contributed by atoms with Gasteiger partial charge in [0.2, 0.25) is 0 Å². The summed E-state index contributed by atoms with van der Waals surface area (Å²) in [5.41, 5.74) is 7.45. The van der Waals surface area contributed by atoms with Gasteiger partial charge in [-0.2, -0.15) is 0 Å². The molecular formula is C26H40GeN+. The Morgan fingerprint density at radius 2 is 1.61 bits per heavy atom. The minimum atomic E-state index is -1.97. The molecule has 0 amide bonds. The molecular weight excluding hydrogens is 399 g/mol. The van der Waals surface area contributed by atoms with Crippen LogP contribution in [0.1, 0.15) is 75.5 Å². The molecule has 152 valence electrons. The number of pyridine rings is 1. The van der Waals surface area contributed by atoms with Crippen LogP contribution in [-0.4, -0.2) is 13.3 Å². The van der Waals surface area contributed by atoms with Crippen molar-refractivity contribution in [2.75, 3.05) is 0 Å². The van der Waals surface area contributed by atoms with Crippen molar-refractivity contribution in [1.29, 1.82) is 0 Å². The normalized spacial score (nSPS) is 16.4. The second kappa shape index (κ2) is 7.97. The molecule has 1 aliphatic carbocycles. The zero-order chi connectivity index (χ0) is 20.7. The molecule has 0 N–H and O–H groups in total. The molecule has 3 rings (SSSR count). The predicted molar refractivity (Wildman–Crippen MR) is 125 cm³/mol. The molecule has 0 saturated heterocycles. The van der Waals surface area contributed by atoms with E-state index in [-0.39, 0.29) is 5.41 Å². The van der Waals surface area contributed by atoms with Crippen molar-refractivity contribution in [3.05, 3.63) is 47.2 Å². The summed E-state index contributed by atoms with van der Waals surface area (Å²) >= 11 is -1.97. The van der Waals surface area contributed by atoms with E-state index in [4.69, 9.17) is 0 Å². The summed E-state index contributed by atoms with van der Waals surface area (Å²) in [6.45, 7) is 9.17. The Balaban J connectivity index is 2.12. The summed E-state index contributed by atoms with van der Waals surface area (Å²) in [7, 11) is 2.25. The zero-order valence-electron chi connectivity index (χ0n) is 19.4. The molecule has 1 aromatic carbocycles. The van der Waals surface area contributed by atoms with Crippen molar-refractivity contribution in [1.82, 2.24) is 0 Å². The zero-order valence-corrected chi connectivity index (χ0v) is 21.5. The third-order valence-corrected chi connectivity index (χ3v) is 10.8. The van der Waals surface area contributed by atoms with Crippen LogP contribution in [0.15, 0.2) is 30.5 Å². The molecule has 1 aromatic heterocycles. The summed E-state index contributed by atoms with van der Waals surface area (Å²) in [5, 5.41) is 0. The van der Waals surface area contributed by atoms with Crippen molar-refractivity contribution < 1.29 is 4.57 Å². The maximum atomic E-state index is 2.57. The molecule has 0 spiro atoms. The molecule has 0 atom stereocenters. The number of hydrogen-bond donors (Lipinski definition) is 0. The van der Waals surface area contributed by atoms with Crippen LogP contribution in [0.25, 0.3) is 11.3 Å². The number of rotatable bonds is 3. The molecule has 2 heteroatoms. The van der Waals surface area contributed by atoms with E-state index >= 15 is 0 Å². The second-order valence-corrected chi connectivity index (χ2v) is 21.6. The molecule has 2 aromatic rings. The second-order valence-electron chi connectivity index (χ2n) is 11.0. The van der Waals surface area contributed by atoms with Crippen LogP contribution in [0.5, 0.6) is 0 Å². The fourth-order valence-electron chi connectivity index (χ4n) is 4.74. The molecule has 1 heterocycles. The average Bonchev–Trinajstić information content (AvgIpc) is 2.61. The van der Waals surface area contributed by atoms with E-state index in [2.05, 4.69) is 87.0 Å². The molecule has 1 nitrogen and oxygen atoms in total. The number of benzene rings is 1. The average molecular weight is 439 g/mol. The van der Waals surface area contributed by atoms with E-state index in [0.717, 1.165) is 5.92 Å². The van der Waals surface area contributed by atoms with Gasteiger partial charge in [0.05, 0.1) is 0 Å². The van der Waals surface area contributed by atoms with Gasteiger partial charge in [0.15, 0.2) is 0 Å². The fraction of sp³-hybridized carbons (Fsp3) is 0.577. The summed E-state index contributed by atoms with van der Waals surface area (Å²) < 4.78 is 4.12. The summed E-state index contributed by atoms with van der Waals surface area (Å²) in [4.78, 5) is 0. The van der Waals surface area contributed by atoms with E-state index < -0.39 is 13.3 Å². The summed E-state index contributed by atoms with van der Waals surface area (Å²) in [6.07, 6.45) is 9.48. The van der Waals surface area contributed by atoms with Crippen LogP contribution in [0.3, 0.4) is 0 Å². The number of aromatic nitrogens is 1. The Hall–Kier alpha value is -1.09. The molecule has 0 aliphatic heterocycles. The molecule has 0 radical (unpaired) electrons. The van der Waals surface area contributed by atoms with Crippen LogP contribution in [0.2, 0.25) is 17.3 Å². The van der Waals surface area contributed by atoms with E-state index in [1.165, 1.54) is 54.5 Å². The van der Waals surface area contributed by atoms with Gasteiger partial charge in [-0.1, -0.05) is 0 Å². The van der Waals surface area contributed by atoms with E-state index in [0.29, 0.717) is 0 Å². The van der Waals surface area contributed by atoms with Crippen molar-refractivity contribution in [3.8, 4) is 11.3 Å². The first-order valence-corrected chi connectivity index (χ1v) is 18.5. The van der Waals surface area contributed by atoms with Gasteiger partial charge < -0.3 is 0 Å². The van der Waals surface area contributed by atoms with Gasteiger partial charge in [-0.25, -0.2) is 0 Å². The van der Waals surface area contributed by atoms with Gasteiger partial charge in [-0.05, 0) is 0 Å². The Morgan fingerprint density at radius 1 is 0.964 bits per heavy atom. The quantitative estimate of drug-likeness (QED) is 0.386. The maximum absolute atomic E-state index is 2.57. The van der Waals surface area contributed by atoms with Crippen molar-refractivity contribution >= 4 is 17.7 Å². The first kappa shape index (κ1) is 21.6. The van der Waals surface area contributed by atoms with Crippen LogP contribution >= 0.6 is 0 Å². The first-order valence-electron chi connectivity index (χ1n) is 11.1. The Kier molecular flexibility index (Phi) is 6.16. The molecule has 28 heavy (non-hydrogen) atoms. The van der Waals surface area contributed by atoms with E-state index in [1.807, 2.05) is 0 Å². The Morgan fingerprint density at radius 3 is 2.14 bits per heavy atom. The predicted octanol–water partition coefficient (Wildman–Crippen LogP) is 6.38. The van der Waals surface area contributed by atoms with Gasteiger partial charge in [-0.3, -0.25) is 0 Å².